The molecule has 1 heterocycles. The maximum atomic E-state index is 4.29. The first-order valence-electron chi connectivity index (χ1n) is 8.04. The summed E-state index contributed by atoms with van der Waals surface area (Å²) in [6.07, 6.45) is 9.79. The first-order valence-corrected chi connectivity index (χ1v) is 8.04. The molecule has 1 aromatic rings. The molecule has 2 N–H and O–H groups in total. The Labute approximate surface area is 152 Å². The molecular formula is C17H31IN4. The van der Waals surface area contributed by atoms with Gasteiger partial charge in [-0.2, -0.15) is 0 Å². The van der Waals surface area contributed by atoms with Crippen molar-refractivity contribution in [2.75, 3.05) is 13.6 Å². The first kappa shape index (κ1) is 21.1. The molecule has 22 heavy (non-hydrogen) atoms. The van der Waals surface area contributed by atoms with Crippen LogP contribution >= 0.6 is 24.0 Å². The van der Waals surface area contributed by atoms with E-state index in [0.29, 0.717) is 6.04 Å². The molecule has 1 unspecified atom stereocenters. The Hall–Kier alpha value is -0.850. The first-order chi connectivity index (χ1) is 10.2. The predicted molar refractivity (Wildman–Crippen MR) is 106 cm³/mol. The zero-order chi connectivity index (χ0) is 15.5. The number of aliphatic imine (C=N–C) groups is 1. The monoisotopic (exact) mass is 418 g/mol. The Morgan fingerprint density at radius 3 is 2.77 bits per heavy atom. The maximum absolute atomic E-state index is 4.29. The lowest BCUT2D eigenvalue weighted by Crippen LogP contribution is -2.42. The van der Waals surface area contributed by atoms with Gasteiger partial charge in [0.05, 0.1) is 0 Å². The van der Waals surface area contributed by atoms with Gasteiger partial charge in [0.15, 0.2) is 5.96 Å². The number of aryl methyl sites for hydroxylation is 1. The maximum Gasteiger partial charge on any atom is 0.191 e. The zero-order valence-electron chi connectivity index (χ0n) is 14.4. The highest BCUT2D eigenvalue weighted by Gasteiger charge is 2.05. The van der Waals surface area contributed by atoms with Crippen LogP contribution < -0.4 is 10.6 Å². The summed E-state index contributed by atoms with van der Waals surface area (Å²) in [5, 5.41) is 6.84. The number of aromatic nitrogens is 1. The second-order valence-corrected chi connectivity index (χ2v) is 5.59. The van der Waals surface area contributed by atoms with E-state index in [1.54, 1.807) is 0 Å². The average molecular weight is 418 g/mol. The van der Waals surface area contributed by atoms with Crippen molar-refractivity contribution in [3.8, 4) is 0 Å². The Morgan fingerprint density at radius 2 is 2.14 bits per heavy atom. The molecule has 0 saturated carbocycles. The number of guanidine groups is 1. The minimum atomic E-state index is 0. The molecule has 0 amide bonds. The van der Waals surface area contributed by atoms with E-state index in [4.69, 9.17) is 0 Å². The Balaban J connectivity index is 0.00000441. The van der Waals surface area contributed by atoms with Gasteiger partial charge in [-0.25, -0.2) is 0 Å². The summed E-state index contributed by atoms with van der Waals surface area (Å²) in [4.78, 5) is 8.41. The summed E-state index contributed by atoms with van der Waals surface area (Å²) in [5.74, 6) is 0.894. The van der Waals surface area contributed by atoms with Gasteiger partial charge in [0.1, 0.15) is 0 Å². The van der Waals surface area contributed by atoms with E-state index in [1.807, 2.05) is 19.4 Å². The van der Waals surface area contributed by atoms with Gasteiger partial charge >= 0.3 is 0 Å². The molecule has 0 bridgehead atoms. The molecule has 0 fully saturated rings. The van der Waals surface area contributed by atoms with Gasteiger partial charge in [0, 0.05) is 32.0 Å². The number of halogens is 1. The summed E-state index contributed by atoms with van der Waals surface area (Å²) in [7, 11) is 1.83. The molecule has 0 aliphatic rings. The Kier molecular flexibility index (Phi) is 12.2. The van der Waals surface area contributed by atoms with Crippen LogP contribution in [0.15, 0.2) is 23.5 Å². The van der Waals surface area contributed by atoms with E-state index < -0.39 is 0 Å². The molecule has 0 aliphatic carbocycles. The lowest BCUT2D eigenvalue weighted by molar-refractivity contribution is 0.547. The molecule has 5 heteroatoms. The molecule has 1 aromatic heterocycles. The third-order valence-electron chi connectivity index (χ3n) is 3.67. The van der Waals surface area contributed by atoms with Crippen LogP contribution in [-0.2, 0) is 6.42 Å². The van der Waals surface area contributed by atoms with Crippen LogP contribution in [0, 0.1) is 6.92 Å². The molecular weight excluding hydrogens is 387 g/mol. The van der Waals surface area contributed by atoms with Crippen LogP contribution in [0.4, 0.5) is 0 Å². The van der Waals surface area contributed by atoms with Gasteiger partial charge in [-0.3, -0.25) is 9.98 Å². The van der Waals surface area contributed by atoms with Crippen molar-refractivity contribution in [1.82, 2.24) is 15.6 Å². The third kappa shape index (κ3) is 8.56. The van der Waals surface area contributed by atoms with Gasteiger partial charge in [0.25, 0.3) is 0 Å². The van der Waals surface area contributed by atoms with E-state index in [1.165, 1.54) is 36.8 Å². The summed E-state index contributed by atoms with van der Waals surface area (Å²) in [6, 6.07) is 2.55. The minimum absolute atomic E-state index is 0. The van der Waals surface area contributed by atoms with Crippen molar-refractivity contribution in [2.45, 2.75) is 58.9 Å². The normalized spacial score (nSPS) is 12.5. The summed E-state index contributed by atoms with van der Waals surface area (Å²) in [5.41, 5.74) is 2.58. The largest absolute Gasteiger partial charge is 0.356 e. The van der Waals surface area contributed by atoms with Gasteiger partial charge in [-0.1, -0.05) is 26.2 Å². The highest BCUT2D eigenvalue weighted by Crippen LogP contribution is 2.05. The molecule has 0 saturated heterocycles. The van der Waals surface area contributed by atoms with Gasteiger partial charge < -0.3 is 10.6 Å². The molecule has 0 radical (unpaired) electrons. The zero-order valence-corrected chi connectivity index (χ0v) is 16.7. The summed E-state index contributed by atoms with van der Waals surface area (Å²) >= 11 is 0. The van der Waals surface area contributed by atoms with Crippen molar-refractivity contribution in [1.29, 1.82) is 0 Å². The highest BCUT2D eigenvalue weighted by molar-refractivity contribution is 14.0. The summed E-state index contributed by atoms with van der Waals surface area (Å²) in [6.45, 7) is 7.44. The van der Waals surface area contributed by atoms with Gasteiger partial charge in [0.2, 0.25) is 0 Å². The number of nitrogens with one attached hydrogen (secondary N) is 2. The standard InChI is InChI=1S/C17H30N4.HI/c1-5-6-7-8-15(3)21-17(18-4)20-12-10-16-9-11-19-13-14(16)2;/h9,11,13,15H,5-8,10,12H2,1-4H3,(H2,18,20,21);1H. The van der Waals surface area contributed by atoms with Crippen LogP contribution in [0.2, 0.25) is 0 Å². The van der Waals surface area contributed by atoms with Crippen molar-refractivity contribution in [3.05, 3.63) is 29.6 Å². The fraction of sp³-hybridized carbons (Fsp3) is 0.647. The number of rotatable bonds is 8. The quantitative estimate of drug-likeness (QED) is 0.293. The van der Waals surface area contributed by atoms with E-state index in [2.05, 4.69) is 47.4 Å². The molecule has 4 nitrogen and oxygen atoms in total. The smallest absolute Gasteiger partial charge is 0.191 e. The van der Waals surface area contributed by atoms with E-state index in [-0.39, 0.29) is 24.0 Å². The highest BCUT2D eigenvalue weighted by atomic mass is 127. The Bertz CT molecular complexity index is 434. The van der Waals surface area contributed by atoms with Gasteiger partial charge in [-0.05, 0) is 43.9 Å². The fourth-order valence-electron chi connectivity index (χ4n) is 2.30. The van der Waals surface area contributed by atoms with E-state index in [9.17, 15) is 0 Å². The van der Waals surface area contributed by atoms with Crippen LogP contribution in [0.25, 0.3) is 0 Å². The molecule has 0 spiro atoms. The van der Waals surface area contributed by atoms with Crippen LogP contribution in [-0.4, -0.2) is 30.6 Å². The molecule has 1 atom stereocenters. The van der Waals surface area contributed by atoms with Crippen LogP contribution in [0.1, 0.15) is 50.7 Å². The third-order valence-corrected chi connectivity index (χ3v) is 3.67. The van der Waals surface area contributed by atoms with Crippen LogP contribution in [0.5, 0.6) is 0 Å². The second kappa shape index (κ2) is 12.7. The lowest BCUT2D eigenvalue weighted by atomic mass is 10.1. The minimum Gasteiger partial charge on any atom is -0.356 e. The van der Waals surface area contributed by atoms with E-state index >= 15 is 0 Å². The second-order valence-electron chi connectivity index (χ2n) is 5.59. The van der Waals surface area contributed by atoms with Gasteiger partial charge in [-0.15, -0.1) is 24.0 Å². The predicted octanol–water partition coefficient (Wildman–Crippen LogP) is 3.68. The number of pyridine rings is 1. The summed E-state index contributed by atoms with van der Waals surface area (Å²) < 4.78 is 0. The van der Waals surface area contributed by atoms with Crippen molar-refractivity contribution >= 4 is 29.9 Å². The molecule has 0 aliphatic heterocycles. The fourth-order valence-corrected chi connectivity index (χ4v) is 2.30. The number of unbranched alkanes of at least 4 members (excludes halogenated alkanes) is 2. The molecule has 0 aromatic carbocycles. The van der Waals surface area contributed by atoms with Crippen molar-refractivity contribution in [2.24, 2.45) is 4.99 Å². The molecule has 1 rings (SSSR count). The van der Waals surface area contributed by atoms with Crippen LogP contribution in [0.3, 0.4) is 0 Å². The van der Waals surface area contributed by atoms with E-state index in [0.717, 1.165) is 18.9 Å². The average Bonchev–Trinajstić information content (AvgIpc) is 2.48. The number of hydrogen-bond donors (Lipinski definition) is 2. The Morgan fingerprint density at radius 1 is 1.36 bits per heavy atom. The molecule has 126 valence electrons. The van der Waals surface area contributed by atoms with Crippen molar-refractivity contribution in [3.63, 3.8) is 0 Å². The van der Waals surface area contributed by atoms with Crippen molar-refractivity contribution < 1.29 is 0 Å². The number of hydrogen-bond acceptors (Lipinski definition) is 2. The topological polar surface area (TPSA) is 49.3 Å². The SMILES string of the molecule is CCCCCC(C)NC(=NC)NCCc1ccncc1C.I. The number of nitrogens with zero attached hydrogens (tertiary/aromatic N) is 2. The lowest BCUT2D eigenvalue weighted by Gasteiger charge is -2.18.